The van der Waals surface area contributed by atoms with E-state index in [9.17, 15) is 9.18 Å². The molecule has 0 aliphatic rings. The fourth-order valence-corrected chi connectivity index (χ4v) is 3.53. The fraction of sp³-hybridized carbons (Fsp3) is 0.190. The zero-order valence-electron chi connectivity index (χ0n) is 15.1. The first-order valence-corrected chi connectivity index (χ1v) is 9.41. The minimum absolute atomic E-state index is 0.251. The quantitative estimate of drug-likeness (QED) is 0.635. The molecule has 0 bridgehead atoms. The van der Waals surface area contributed by atoms with Crippen LogP contribution in [0.3, 0.4) is 0 Å². The van der Waals surface area contributed by atoms with E-state index in [4.69, 9.17) is 9.47 Å². The second-order valence-corrected chi connectivity index (χ2v) is 6.75. The number of methoxy groups -OCH3 is 1. The maximum atomic E-state index is 13.3. The molecular weight excluding hydrogens is 365 g/mol. The van der Waals surface area contributed by atoms with Crippen molar-refractivity contribution in [3.8, 4) is 11.5 Å². The number of carbonyl (C=O) groups excluding carboxylic acids is 1. The van der Waals surface area contributed by atoms with Gasteiger partial charge in [-0.1, -0.05) is 18.2 Å². The summed E-state index contributed by atoms with van der Waals surface area (Å²) in [6.45, 7) is 2.39. The molecule has 0 spiro atoms. The number of carbonyl (C=O) groups is 1. The molecule has 1 aromatic heterocycles. The molecule has 1 unspecified atom stereocenters. The Morgan fingerprint density at radius 2 is 1.93 bits per heavy atom. The average Bonchev–Trinajstić information content (AvgIpc) is 3.22. The minimum atomic E-state index is -0.365. The van der Waals surface area contributed by atoms with E-state index < -0.39 is 0 Å². The summed E-state index contributed by atoms with van der Waals surface area (Å²) in [4.78, 5) is 13.8. The van der Waals surface area contributed by atoms with Crippen LogP contribution in [0.5, 0.6) is 11.5 Å². The number of hydrogen-bond acceptors (Lipinski definition) is 4. The van der Waals surface area contributed by atoms with Gasteiger partial charge in [0.2, 0.25) is 0 Å². The van der Waals surface area contributed by atoms with E-state index in [2.05, 4.69) is 5.32 Å². The molecule has 3 rings (SSSR count). The van der Waals surface area contributed by atoms with E-state index >= 15 is 0 Å². The summed E-state index contributed by atoms with van der Waals surface area (Å²) in [6, 6.07) is 14.7. The molecule has 0 aliphatic carbocycles. The first-order chi connectivity index (χ1) is 13.1. The Morgan fingerprint density at radius 3 is 2.56 bits per heavy atom. The molecule has 0 radical (unpaired) electrons. The van der Waals surface area contributed by atoms with Crippen molar-refractivity contribution < 1.29 is 18.7 Å². The molecule has 0 aliphatic heterocycles. The zero-order chi connectivity index (χ0) is 19.2. The lowest BCUT2D eigenvalue weighted by molar-refractivity contribution is 0.0943. The molecule has 27 heavy (non-hydrogen) atoms. The second kappa shape index (κ2) is 8.68. The number of halogens is 1. The third kappa shape index (κ3) is 4.46. The highest BCUT2D eigenvalue weighted by molar-refractivity contribution is 7.10. The van der Waals surface area contributed by atoms with Gasteiger partial charge in [0.1, 0.15) is 5.82 Å². The molecule has 0 saturated carbocycles. The van der Waals surface area contributed by atoms with Crippen molar-refractivity contribution in [2.24, 2.45) is 0 Å². The Balaban J connectivity index is 1.87. The number of benzene rings is 2. The maximum absolute atomic E-state index is 13.3. The van der Waals surface area contributed by atoms with Crippen LogP contribution >= 0.6 is 11.3 Å². The first kappa shape index (κ1) is 18.9. The van der Waals surface area contributed by atoms with E-state index in [-0.39, 0.29) is 17.8 Å². The van der Waals surface area contributed by atoms with Crippen molar-refractivity contribution in [3.63, 3.8) is 0 Å². The summed E-state index contributed by atoms with van der Waals surface area (Å²) >= 11 is 1.53. The molecule has 140 valence electrons. The molecule has 6 heteroatoms. The van der Waals surface area contributed by atoms with Crippen LogP contribution in [-0.2, 0) is 0 Å². The van der Waals surface area contributed by atoms with Gasteiger partial charge in [0.05, 0.1) is 19.8 Å². The van der Waals surface area contributed by atoms with Gasteiger partial charge in [-0.3, -0.25) is 4.79 Å². The Bertz CT molecular complexity index is 894. The van der Waals surface area contributed by atoms with Crippen LogP contribution in [0.15, 0.2) is 60.0 Å². The van der Waals surface area contributed by atoms with Crippen molar-refractivity contribution in [2.45, 2.75) is 13.0 Å². The Hall–Kier alpha value is -2.86. The van der Waals surface area contributed by atoms with Gasteiger partial charge in [-0.2, -0.15) is 0 Å². The lowest BCUT2D eigenvalue weighted by Gasteiger charge is -2.19. The Morgan fingerprint density at radius 1 is 1.15 bits per heavy atom. The average molecular weight is 385 g/mol. The number of thiophene rings is 1. The fourth-order valence-electron chi connectivity index (χ4n) is 2.73. The van der Waals surface area contributed by atoms with Crippen LogP contribution in [0, 0.1) is 5.82 Å². The van der Waals surface area contributed by atoms with E-state index in [1.54, 1.807) is 30.3 Å². The predicted octanol–water partition coefficient (Wildman–Crippen LogP) is 4.81. The molecule has 2 aromatic carbocycles. The van der Waals surface area contributed by atoms with E-state index in [1.807, 2.05) is 24.4 Å². The number of amides is 1. The number of rotatable bonds is 7. The van der Waals surface area contributed by atoms with Gasteiger partial charge < -0.3 is 14.8 Å². The molecular formula is C21H20FNO3S. The highest BCUT2D eigenvalue weighted by atomic mass is 32.1. The summed E-state index contributed by atoms with van der Waals surface area (Å²) in [5.74, 6) is 0.522. The van der Waals surface area contributed by atoms with Crippen molar-refractivity contribution in [1.29, 1.82) is 0 Å². The topological polar surface area (TPSA) is 47.6 Å². The molecule has 1 amide bonds. The number of ether oxygens (including phenoxy) is 2. The highest BCUT2D eigenvalue weighted by Crippen LogP contribution is 2.30. The normalized spacial score (nSPS) is 11.7. The highest BCUT2D eigenvalue weighted by Gasteiger charge is 2.20. The number of nitrogens with one attached hydrogen (secondary N) is 1. The van der Waals surface area contributed by atoms with Crippen LogP contribution in [0.25, 0.3) is 0 Å². The lowest BCUT2D eigenvalue weighted by atomic mass is 10.0. The van der Waals surface area contributed by atoms with Gasteiger partial charge >= 0.3 is 0 Å². The molecule has 0 fully saturated rings. The van der Waals surface area contributed by atoms with Gasteiger partial charge in [-0.05, 0) is 54.3 Å². The lowest BCUT2D eigenvalue weighted by Crippen LogP contribution is -2.28. The summed E-state index contributed by atoms with van der Waals surface area (Å²) in [7, 11) is 1.53. The Kier molecular flexibility index (Phi) is 6.08. The van der Waals surface area contributed by atoms with Gasteiger partial charge in [0.25, 0.3) is 5.91 Å². The standard InChI is InChI=1S/C21H20FNO3S/c1-3-26-17-11-8-15(13-18(17)25-2)21(24)23-20(19-5-4-12-27-19)14-6-9-16(22)10-7-14/h4-13,20H,3H2,1-2H3,(H,23,24). The van der Waals surface area contributed by atoms with Crippen LogP contribution in [0.2, 0.25) is 0 Å². The SMILES string of the molecule is CCOc1ccc(C(=O)NC(c2ccc(F)cc2)c2cccs2)cc1OC. The molecule has 1 N–H and O–H groups in total. The van der Waals surface area contributed by atoms with Crippen LogP contribution in [0.4, 0.5) is 4.39 Å². The van der Waals surface area contributed by atoms with Crippen LogP contribution in [-0.4, -0.2) is 19.6 Å². The monoisotopic (exact) mass is 385 g/mol. The summed E-state index contributed by atoms with van der Waals surface area (Å²) in [5, 5.41) is 4.97. The predicted molar refractivity (Wildman–Crippen MR) is 104 cm³/mol. The van der Waals surface area contributed by atoms with Crippen molar-refractivity contribution in [2.75, 3.05) is 13.7 Å². The maximum Gasteiger partial charge on any atom is 0.252 e. The van der Waals surface area contributed by atoms with E-state index in [0.717, 1.165) is 10.4 Å². The van der Waals surface area contributed by atoms with Crippen molar-refractivity contribution in [1.82, 2.24) is 5.32 Å². The molecule has 3 aromatic rings. The third-order valence-corrected chi connectivity index (χ3v) is 4.97. The third-order valence-electron chi connectivity index (χ3n) is 4.03. The smallest absolute Gasteiger partial charge is 0.252 e. The molecule has 0 saturated heterocycles. The molecule has 4 nitrogen and oxygen atoms in total. The zero-order valence-corrected chi connectivity index (χ0v) is 15.9. The minimum Gasteiger partial charge on any atom is -0.493 e. The summed E-state index contributed by atoms with van der Waals surface area (Å²) < 4.78 is 24.1. The largest absolute Gasteiger partial charge is 0.493 e. The Labute approximate surface area is 161 Å². The second-order valence-electron chi connectivity index (χ2n) is 5.77. The van der Waals surface area contributed by atoms with Gasteiger partial charge in [-0.25, -0.2) is 4.39 Å². The van der Waals surface area contributed by atoms with Gasteiger partial charge in [0.15, 0.2) is 11.5 Å². The number of hydrogen-bond donors (Lipinski definition) is 1. The van der Waals surface area contributed by atoms with E-state index in [1.165, 1.54) is 30.6 Å². The van der Waals surface area contributed by atoms with Crippen molar-refractivity contribution >= 4 is 17.2 Å². The van der Waals surface area contributed by atoms with Crippen molar-refractivity contribution in [3.05, 3.63) is 81.8 Å². The van der Waals surface area contributed by atoms with E-state index in [0.29, 0.717) is 23.7 Å². The summed E-state index contributed by atoms with van der Waals surface area (Å²) in [6.07, 6.45) is 0. The van der Waals surface area contributed by atoms with Gasteiger partial charge in [-0.15, -0.1) is 11.3 Å². The van der Waals surface area contributed by atoms with Crippen LogP contribution in [0.1, 0.15) is 33.8 Å². The molecule has 1 atom stereocenters. The van der Waals surface area contributed by atoms with Gasteiger partial charge in [0, 0.05) is 10.4 Å². The first-order valence-electron chi connectivity index (χ1n) is 8.53. The molecule has 1 heterocycles. The summed E-state index contributed by atoms with van der Waals surface area (Å²) in [5.41, 5.74) is 1.27. The van der Waals surface area contributed by atoms with Crippen LogP contribution < -0.4 is 14.8 Å².